The van der Waals surface area contributed by atoms with E-state index in [-0.39, 0.29) is 5.75 Å². The summed E-state index contributed by atoms with van der Waals surface area (Å²) in [6.45, 7) is 0. The van der Waals surface area contributed by atoms with Crippen LogP contribution in [0, 0.1) is 0 Å². The van der Waals surface area contributed by atoms with E-state index in [9.17, 15) is 14.7 Å². The average molecular weight is 428 g/mol. The third-order valence-electron chi connectivity index (χ3n) is 4.06. The molecule has 0 aliphatic carbocycles. The second-order valence-electron chi connectivity index (χ2n) is 6.00. The third-order valence-corrected chi connectivity index (χ3v) is 4.06. The van der Waals surface area contributed by atoms with Gasteiger partial charge in [0.05, 0.1) is 39.7 Å². The summed E-state index contributed by atoms with van der Waals surface area (Å²) in [5, 5.41) is 15.4. The molecular weight excluding hydrogens is 404 g/mol. The van der Waals surface area contributed by atoms with Crippen LogP contribution in [0.5, 0.6) is 23.0 Å². The number of phenols is 1. The highest BCUT2D eigenvalue weighted by atomic mass is 16.5. The highest BCUT2D eigenvalue weighted by Gasteiger charge is 2.11. The smallest absolute Gasteiger partial charge is 0.331 e. The van der Waals surface area contributed by atoms with E-state index in [0.717, 1.165) is 0 Å². The molecule has 31 heavy (non-hydrogen) atoms. The number of hydrogen-bond acceptors (Lipinski definition) is 8. The topological polar surface area (TPSA) is 115 Å². The summed E-state index contributed by atoms with van der Waals surface area (Å²) < 4.78 is 20.3. The number of esters is 1. The first-order chi connectivity index (χ1) is 14.9. The Hall–Kier alpha value is -4.14. The number of ether oxygens (including phenoxy) is 4. The van der Waals surface area contributed by atoms with Crippen LogP contribution < -0.4 is 24.8 Å². The summed E-state index contributed by atoms with van der Waals surface area (Å²) in [5.41, 5.74) is 1.53. The van der Waals surface area contributed by atoms with Crippen LogP contribution in [0.15, 0.2) is 48.7 Å². The van der Waals surface area contributed by atoms with E-state index in [4.69, 9.17) is 14.2 Å². The number of hydrogen-bond donors (Lipinski definition) is 3. The van der Waals surface area contributed by atoms with Gasteiger partial charge in [-0.05, 0) is 24.3 Å². The standard InChI is InChI=1S/C22H24N2O7/c1-28-18-7-5-14(11-17(18)23-10-9-22(27)31-4)24-21(26)8-6-16-19(29-2)12-15(25)13-20(16)30-3/h5-13,23,25H,1-4H3,(H,24,26)/b8-6+,10-9-. The van der Waals surface area contributed by atoms with Gasteiger partial charge in [0.2, 0.25) is 5.91 Å². The fourth-order valence-corrected chi connectivity index (χ4v) is 2.60. The highest BCUT2D eigenvalue weighted by molar-refractivity contribution is 6.02. The summed E-state index contributed by atoms with van der Waals surface area (Å²) in [6, 6.07) is 7.82. The number of carbonyl (C=O) groups excluding carboxylic acids is 2. The van der Waals surface area contributed by atoms with Crippen LogP contribution in [-0.2, 0) is 14.3 Å². The molecule has 0 atom stereocenters. The van der Waals surface area contributed by atoms with Gasteiger partial charge >= 0.3 is 5.97 Å². The van der Waals surface area contributed by atoms with Crippen LogP contribution in [0.2, 0.25) is 0 Å². The molecule has 0 fully saturated rings. The summed E-state index contributed by atoms with van der Waals surface area (Å²) in [5.74, 6) is 0.291. The third kappa shape index (κ3) is 6.43. The maximum Gasteiger partial charge on any atom is 0.331 e. The van der Waals surface area contributed by atoms with Gasteiger partial charge < -0.3 is 34.7 Å². The number of benzene rings is 2. The molecule has 0 saturated carbocycles. The first-order valence-electron chi connectivity index (χ1n) is 9.05. The van der Waals surface area contributed by atoms with Gasteiger partial charge in [0.25, 0.3) is 0 Å². The lowest BCUT2D eigenvalue weighted by atomic mass is 10.1. The van der Waals surface area contributed by atoms with Crippen LogP contribution in [0.25, 0.3) is 6.08 Å². The molecule has 0 aliphatic heterocycles. The second-order valence-corrected chi connectivity index (χ2v) is 6.00. The average Bonchev–Trinajstić information content (AvgIpc) is 2.77. The van der Waals surface area contributed by atoms with Crippen molar-refractivity contribution in [3.63, 3.8) is 0 Å². The Morgan fingerprint density at radius 1 is 0.903 bits per heavy atom. The van der Waals surface area contributed by atoms with Crippen molar-refractivity contribution in [1.82, 2.24) is 0 Å². The van der Waals surface area contributed by atoms with Gasteiger partial charge in [0, 0.05) is 36.2 Å². The van der Waals surface area contributed by atoms with E-state index >= 15 is 0 Å². The Bertz CT molecular complexity index is 974. The van der Waals surface area contributed by atoms with Crippen molar-refractivity contribution in [2.24, 2.45) is 0 Å². The van der Waals surface area contributed by atoms with Crippen molar-refractivity contribution in [3.8, 4) is 23.0 Å². The van der Waals surface area contributed by atoms with Gasteiger partial charge in [0.15, 0.2) is 0 Å². The van der Waals surface area contributed by atoms with Gasteiger partial charge in [-0.15, -0.1) is 0 Å². The van der Waals surface area contributed by atoms with Gasteiger partial charge in [-0.25, -0.2) is 4.79 Å². The molecule has 0 aromatic heterocycles. The van der Waals surface area contributed by atoms with Crippen molar-refractivity contribution >= 4 is 29.3 Å². The van der Waals surface area contributed by atoms with Crippen molar-refractivity contribution < 1.29 is 33.6 Å². The Labute approximate surface area is 179 Å². The number of methoxy groups -OCH3 is 4. The first kappa shape index (κ1) is 23.1. The Balaban J connectivity index is 2.18. The summed E-state index contributed by atoms with van der Waals surface area (Å²) in [4.78, 5) is 23.6. The van der Waals surface area contributed by atoms with Crippen molar-refractivity contribution in [2.75, 3.05) is 39.1 Å². The maximum absolute atomic E-state index is 12.4. The number of nitrogens with one attached hydrogen (secondary N) is 2. The predicted octanol–water partition coefficient (Wildman–Crippen LogP) is 3.17. The molecule has 0 aliphatic rings. The number of aromatic hydroxyl groups is 1. The quantitative estimate of drug-likeness (QED) is 0.412. The minimum atomic E-state index is -0.513. The molecule has 9 heteroatoms. The van der Waals surface area contributed by atoms with Crippen LogP contribution in [0.1, 0.15) is 5.56 Å². The lowest BCUT2D eigenvalue weighted by molar-refractivity contribution is -0.134. The molecule has 0 saturated heterocycles. The van der Waals surface area contributed by atoms with Crippen molar-refractivity contribution in [3.05, 3.63) is 54.2 Å². The molecule has 0 bridgehead atoms. The molecular formula is C22H24N2O7. The molecule has 0 spiro atoms. The van der Waals surface area contributed by atoms with Gasteiger partial charge in [0.1, 0.15) is 23.0 Å². The monoisotopic (exact) mass is 428 g/mol. The molecule has 0 unspecified atom stereocenters. The number of anilines is 2. The molecule has 2 aromatic carbocycles. The van der Waals surface area contributed by atoms with E-state index in [0.29, 0.717) is 34.2 Å². The number of amides is 1. The maximum atomic E-state index is 12.4. The normalized spacial score (nSPS) is 10.7. The van der Waals surface area contributed by atoms with E-state index in [1.165, 1.54) is 65.0 Å². The van der Waals surface area contributed by atoms with E-state index in [2.05, 4.69) is 15.4 Å². The molecule has 9 nitrogen and oxygen atoms in total. The Kier molecular flexibility index (Phi) is 8.32. The fraction of sp³-hybridized carbons (Fsp3) is 0.182. The molecule has 0 radical (unpaired) electrons. The van der Waals surface area contributed by atoms with E-state index in [1.54, 1.807) is 18.2 Å². The Morgan fingerprint density at radius 3 is 2.13 bits per heavy atom. The molecule has 2 aromatic rings. The molecule has 1 amide bonds. The summed E-state index contributed by atoms with van der Waals surface area (Å²) >= 11 is 0. The number of rotatable bonds is 9. The van der Waals surface area contributed by atoms with Gasteiger partial charge in [-0.1, -0.05) is 0 Å². The van der Waals surface area contributed by atoms with Crippen LogP contribution in [-0.4, -0.2) is 45.4 Å². The fourth-order valence-electron chi connectivity index (χ4n) is 2.60. The molecule has 2 rings (SSSR count). The SMILES string of the molecule is COC(=O)/C=C\Nc1cc(NC(=O)/C=C/c2c(OC)cc(O)cc2OC)ccc1OC. The molecule has 0 heterocycles. The van der Waals surface area contributed by atoms with Crippen LogP contribution in [0.3, 0.4) is 0 Å². The second kappa shape index (κ2) is 11.1. The number of carbonyl (C=O) groups is 2. The first-order valence-corrected chi connectivity index (χ1v) is 9.05. The summed E-state index contributed by atoms with van der Waals surface area (Å²) in [7, 11) is 5.68. The van der Waals surface area contributed by atoms with E-state index < -0.39 is 11.9 Å². The summed E-state index contributed by atoms with van der Waals surface area (Å²) in [6.07, 6.45) is 5.45. The zero-order chi connectivity index (χ0) is 22.8. The van der Waals surface area contributed by atoms with E-state index in [1.807, 2.05) is 0 Å². The largest absolute Gasteiger partial charge is 0.508 e. The van der Waals surface area contributed by atoms with Crippen LogP contribution in [0.4, 0.5) is 11.4 Å². The molecule has 3 N–H and O–H groups in total. The molecule has 164 valence electrons. The highest BCUT2D eigenvalue weighted by Crippen LogP contribution is 2.34. The lowest BCUT2D eigenvalue weighted by Gasteiger charge is -2.12. The zero-order valence-corrected chi connectivity index (χ0v) is 17.6. The van der Waals surface area contributed by atoms with Gasteiger partial charge in [-0.3, -0.25) is 4.79 Å². The van der Waals surface area contributed by atoms with Crippen molar-refractivity contribution in [2.45, 2.75) is 0 Å². The number of phenolic OH excluding ortho intramolecular Hbond substituents is 1. The van der Waals surface area contributed by atoms with Crippen molar-refractivity contribution in [1.29, 1.82) is 0 Å². The lowest BCUT2D eigenvalue weighted by Crippen LogP contribution is -2.08. The van der Waals surface area contributed by atoms with Gasteiger partial charge in [-0.2, -0.15) is 0 Å². The van der Waals surface area contributed by atoms with Crippen LogP contribution >= 0.6 is 0 Å². The minimum absolute atomic E-state index is 0.0187. The Morgan fingerprint density at radius 2 is 1.55 bits per heavy atom. The zero-order valence-electron chi connectivity index (χ0n) is 17.6. The predicted molar refractivity (Wildman–Crippen MR) is 117 cm³/mol. The minimum Gasteiger partial charge on any atom is -0.508 e.